The van der Waals surface area contributed by atoms with Crippen LogP contribution in [0.3, 0.4) is 0 Å². The largest absolute Gasteiger partial charge is 0.463 e. The molecular weight excluding hydrogens is 288 g/mol. The third kappa shape index (κ3) is 5.51. The number of rotatable bonds is 0. The Morgan fingerprint density at radius 3 is 2.40 bits per heavy atom. The zero-order valence-electron chi connectivity index (χ0n) is 12.7. The van der Waals surface area contributed by atoms with Gasteiger partial charge in [-0.05, 0) is 37.7 Å². The Labute approximate surface area is 132 Å². The first-order valence-electron chi connectivity index (χ1n) is 8.18. The van der Waals surface area contributed by atoms with E-state index in [1.54, 1.807) is 0 Å². The summed E-state index contributed by atoms with van der Waals surface area (Å²) in [6.07, 6.45) is 11.8. The summed E-state index contributed by atoms with van der Waals surface area (Å²) < 4.78 is 5.94. The van der Waals surface area contributed by atoms with Gasteiger partial charge in [-0.3, -0.25) is 4.79 Å². The van der Waals surface area contributed by atoms with Crippen LogP contribution < -0.4 is 0 Å². The quantitative estimate of drug-likeness (QED) is 0.587. The highest BCUT2D eigenvalue weighted by molar-refractivity contribution is 8.18. The summed E-state index contributed by atoms with van der Waals surface area (Å²) in [6, 6.07) is 0. The molecule has 2 nitrogen and oxygen atoms in total. The van der Waals surface area contributed by atoms with Crippen molar-refractivity contribution in [1.29, 1.82) is 0 Å². The average molecular weight is 317 g/mol. The molecule has 0 amide bonds. The summed E-state index contributed by atoms with van der Waals surface area (Å²) in [7, 11) is 0. The Balaban J connectivity index is 1.96. The first-order chi connectivity index (χ1) is 9.70. The van der Waals surface area contributed by atoms with E-state index in [2.05, 4.69) is 30.4 Å². The minimum Gasteiger partial charge on any atom is -0.463 e. The van der Waals surface area contributed by atoms with Crippen LogP contribution in [0.2, 0.25) is 0 Å². The Hall–Kier alpha value is 0.170. The molecule has 0 aromatic rings. The second kappa shape index (κ2) is 8.57. The molecule has 0 saturated carbocycles. The summed E-state index contributed by atoms with van der Waals surface area (Å²) in [5.41, 5.74) is 0. The molecule has 1 atom stereocenters. The van der Waals surface area contributed by atoms with Crippen LogP contribution in [-0.2, 0) is 9.53 Å². The van der Waals surface area contributed by atoms with Crippen molar-refractivity contribution in [2.45, 2.75) is 81.3 Å². The molecule has 2 saturated heterocycles. The van der Waals surface area contributed by atoms with Gasteiger partial charge >= 0.3 is 5.97 Å². The molecule has 4 heteroatoms. The van der Waals surface area contributed by atoms with E-state index >= 15 is 0 Å². The molecule has 116 valence electrons. The molecule has 2 fully saturated rings. The third-order valence-corrected chi connectivity index (χ3v) is 7.63. The van der Waals surface area contributed by atoms with Crippen molar-refractivity contribution in [1.82, 2.24) is 0 Å². The van der Waals surface area contributed by atoms with Crippen LogP contribution in [0.25, 0.3) is 0 Å². The Morgan fingerprint density at radius 2 is 1.65 bits per heavy atom. The van der Waals surface area contributed by atoms with Crippen LogP contribution in [0.15, 0.2) is 0 Å². The number of carbonyl (C=O) groups is 1. The second-order valence-corrected chi connectivity index (χ2v) is 9.30. The highest BCUT2D eigenvalue weighted by Crippen LogP contribution is 2.49. The minimum atomic E-state index is 0.0118. The summed E-state index contributed by atoms with van der Waals surface area (Å²) in [4.78, 5) is 11.8. The summed E-state index contributed by atoms with van der Waals surface area (Å²) >= 11 is 4.24. The predicted molar refractivity (Wildman–Crippen MR) is 89.4 cm³/mol. The van der Waals surface area contributed by atoms with Gasteiger partial charge in [0.1, 0.15) is 6.10 Å². The van der Waals surface area contributed by atoms with E-state index in [0.717, 1.165) is 12.8 Å². The second-order valence-electron chi connectivity index (χ2n) is 6.09. The molecule has 0 bridgehead atoms. The molecular formula is C16H28O2S2. The van der Waals surface area contributed by atoms with Crippen LogP contribution in [0, 0.1) is 0 Å². The maximum atomic E-state index is 11.8. The lowest BCUT2D eigenvalue weighted by Gasteiger charge is -2.38. The Kier molecular flexibility index (Phi) is 7.09. The van der Waals surface area contributed by atoms with Crippen molar-refractivity contribution in [3.63, 3.8) is 0 Å². The molecule has 2 aliphatic heterocycles. The molecule has 20 heavy (non-hydrogen) atoms. The van der Waals surface area contributed by atoms with Crippen LogP contribution >= 0.6 is 23.5 Å². The van der Waals surface area contributed by atoms with Crippen LogP contribution in [0.1, 0.15) is 71.1 Å². The van der Waals surface area contributed by atoms with Gasteiger partial charge in [-0.25, -0.2) is 0 Å². The lowest BCUT2D eigenvalue weighted by Crippen LogP contribution is -2.31. The monoisotopic (exact) mass is 316 g/mol. The molecule has 0 aliphatic carbocycles. The first-order valence-corrected chi connectivity index (χ1v) is 10.1. The lowest BCUT2D eigenvalue weighted by atomic mass is 10.0. The van der Waals surface area contributed by atoms with E-state index in [1.165, 1.54) is 56.5 Å². The van der Waals surface area contributed by atoms with E-state index in [9.17, 15) is 4.79 Å². The zero-order chi connectivity index (χ0) is 14.3. The normalized spacial score (nSPS) is 29.9. The summed E-state index contributed by atoms with van der Waals surface area (Å²) in [5, 5.41) is 0. The SMILES string of the molecule is C[C@H]1CC2(CCCCCCCCC(=O)O1)SCCCS2. The van der Waals surface area contributed by atoms with Crippen molar-refractivity contribution in [2.24, 2.45) is 0 Å². The number of hydrogen-bond donors (Lipinski definition) is 0. The van der Waals surface area contributed by atoms with Crippen molar-refractivity contribution in [3.05, 3.63) is 0 Å². The standard InChI is InChI=1S/C16H28O2S2/c1-14-13-16(19-11-8-12-20-16)10-7-5-3-2-4-6-9-15(17)18-14/h14H,2-13H2,1H3/t14-/m0/s1. The highest BCUT2D eigenvalue weighted by atomic mass is 32.2. The van der Waals surface area contributed by atoms with E-state index in [1.807, 2.05) is 0 Å². The highest BCUT2D eigenvalue weighted by Gasteiger charge is 2.35. The van der Waals surface area contributed by atoms with Crippen LogP contribution in [-0.4, -0.2) is 27.7 Å². The fraction of sp³-hybridized carbons (Fsp3) is 0.938. The number of ether oxygens (including phenoxy) is 1. The molecule has 2 rings (SSSR count). The molecule has 0 radical (unpaired) electrons. The van der Waals surface area contributed by atoms with E-state index in [4.69, 9.17) is 4.74 Å². The topological polar surface area (TPSA) is 26.3 Å². The molecule has 0 unspecified atom stereocenters. The molecule has 0 aromatic carbocycles. The lowest BCUT2D eigenvalue weighted by molar-refractivity contribution is -0.148. The smallest absolute Gasteiger partial charge is 0.306 e. The maximum absolute atomic E-state index is 11.8. The van der Waals surface area contributed by atoms with Crippen molar-refractivity contribution >= 4 is 29.5 Å². The van der Waals surface area contributed by atoms with Crippen molar-refractivity contribution < 1.29 is 9.53 Å². The Morgan fingerprint density at radius 1 is 1.00 bits per heavy atom. The van der Waals surface area contributed by atoms with Gasteiger partial charge in [0, 0.05) is 12.8 Å². The Bertz CT molecular complexity index is 301. The zero-order valence-corrected chi connectivity index (χ0v) is 14.3. The summed E-state index contributed by atoms with van der Waals surface area (Å²) in [6.45, 7) is 2.08. The van der Waals surface area contributed by atoms with Crippen molar-refractivity contribution in [3.8, 4) is 0 Å². The van der Waals surface area contributed by atoms with Gasteiger partial charge in [0.2, 0.25) is 0 Å². The average Bonchev–Trinajstić information content (AvgIpc) is 2.42. The number of hydrogen-bond acceptors (Lipinski definition) is 4. The summed E-state index contributed by atoms with van der Waals surface area (Å²) in [5.74, 6) is 2.55. The maximum Gasteiger partial charge on any atom is 0.306 e. The van der Waals surface area contributed by atoms with Gasteiger partial charge in [-0.1, -0.05) is 32.1 Å². The third-order valence-electron chi connectivity index (χ3n) is 4.14. The van der Waals surface area contributed by atoms with Gasteiger partial charge in [0.05, 0.1) is 4.08 Å². The minimum absolute atomic E-state index is 0.0118. The molecule has 0 N–H and O–H groups in total. The van der Waals surface area contributed by atoms with Gasteiger partial charge in [-0.2, -0.15) is 0 Å². The van der Waals surface area contributed by atoms with Crippen LogP contribution in [0.4, 0.5) is 0 Å². The fourth-order valence-electron chi connectivity index (χ4n) is 3.11. The van der Waals surface area contributed by atoms with E-state index in [-0.39, 0.29) is 12.1 Å². The molecule has 2 aliphatic rings. The molecule has 2 heterocycles. The van der Waals surface area contributed by atoms with Gasteiger partial charge in [0.25, 0.3) is 0 Å². The first kappa shape index (κ1) is 16.5. The van der Waals surface area contributed by atoms with E-state index in [0.29, 0.717) is 10.5 Å². The predicted octanol–water partition coefficient (Wildman–Crippen LogP) is 5.01. The van der Waals surface area contributed by atoms with Gasteiger partial charge < -0.3 is 4.74 Å². The van der Waals surface area contributed by atoms with E-state index < -0.39 is 0 Å². The number of cyclic esters (lactones) is 1. The van der Waals surface area contributed by atoms with Gasteiger partial charge in [-0.15, -0.1) is 23.5 Å². The molecule has 1 spiro atoms. The number of esters is 1. The van der Waals surface area contributed by atoms with Crippen molar-refractivity contribution in [2.75, 3.05) is 11.5 Å². The van der Waals surface area contributed by atoms with Crippen LogP contribution in [0.5, 0.6) is 0 Å². The fourth-order valence-corrected chi connectivity index (χ4v) is 6.73. The number of thioether (sulfide) groups is 2. The number of carbonyl (C=O) groups excluding carboxylic acids is 1. The van der Waals surface area contributed by atoms with Gasteiger partial charge in [0.15, 0.2) is 0 Å². The molecule has 0 aromatic heterocycles.